The van der Waals surface area contributed by atoms with E-state index in [1.807, 2.05) is 12.1 Å². The molecule has 0 heterocycles. The van der Waals surface area contributed by atoms with Gasteiger partial charge in [-0.2, -0.15) is 0 Å². The third-order valence-electron chi connectivity index (χ3n) is 1.82. The molecule has 1 N–H and O–H groups in total. The first-order valence-corrected chi connectivity index (χ1v) is 3.94. The van der Waals surface area contributed by atoms with E-state index in [0.717, 1.165) is 0 Å². The van der Waals surface area contributed by atoms with Gasteiger partial charge < -0.3 is 5.11 Å². The predicted molar refractivity (Wildman–Crippen MR) is 53.2 cm³/mol. The van der Waals surface area contributed by atoms with Crippen molar-refractivity contribution in [3.05, 3.63) is 35.4 Å². The molecular formula is C10H12KO2. The fraction of sp³-hybridized carbons (Fsp3) is 0.300. The van der Waals surface area contributed by atoms with Gasteiger partial charge in [0.15, 0.2) is 0 Å². The third kappa shape index (κ3) is 3.91. The predicted octanol–water partition coefficient (Wildman–Crippen LogP) is 2.13. The van der Waals surface area contributed by atoms with Crippen LogP contribution in [0.15, 0.2) is 24.3 Å². The van der Waals surface area contributed by atoms with Crippen LogP contribution in [0.5, 0.6) is 0 Å². The van der Waals surface area contributed by atoms with Gasteiger partial charge in [-0.05, 0) is 23.6 Å². The smallest absolute Gasteiger partial charge is 0.335 e. The number of carboxylic acid groups (broad SMARTS) is 1. The normalized spacial score (nSPS) is 9.46. The molecule has 2 nitrogen and oxygen atoms in total. The van der Waals surface area contributed by atoms with E-state index in [1.54, 1.807) is 12.1 Å². The van der Waals surface area contributed by atoms with Crippen molar-refractivity contribution in [2.75, 3.05) is 0 Å². The maximum atomic E-state index is 10.5. The van der Waals surface area contributed by atoms with Gasteiger partial charge in [-0.3, -0.25) is 0 Å². The zero-order chi connectivity index (χ0) is 9.14. The van der Waals surface area contributed by atoms with E-state index in [-0.39, 0.29) is 51.4 Å². The van der Waals surface area contributed by atoms with Gasteiger partial charge in [-0.15, -0.1) is 0 Å². The molecule has 1 aromatic carbocycles. The Morgan fingerprint density at radius 2 is 1.69 bits per heavy atom. The minimum atomic E-state index is -0.870. The molecule has 1 rings (SSSR count). The molecular weight excluding hydrogens is 191 g/mol. The van der Waals surface area contributed by atoms with Gasteiger partial charge >= 0.3 is 5.97 Å². The molecule has 0 unspecified atom stereocenters. The Morgan fingerprint density at radius 1 is 1.23 bits per heavy atom. The topological polar surface area (TPSA) is 37.3 Å². The van der Waals surface area contributed by atoms with Crippen LogP contribution < -0.4 is 0 Å². The Labute approximate surface area is 121 Å². The zero-order valence-electron chi connectivity index (χ0n) is 8.24. The molecule has 65 valence electrons. The molecule has 0 saturated heterocycles. The van der Waals surface area contributed by atoms with Gasteiger partial charge in [0.1, 0.15) is 0 Å². The van der Waals surface area contributed by atoms with Crippen molar-refractivity contribution in [3.8, 4) is 0 Å². The summed E-state index contributed by atoms with van der Waals surface area (Å²) in [5.41, 5.74) is 1.51. The summed E-state index contributed by atoms with van der Waals surface area (Å²) in [5, 5.41) is 8.61. The Balaban J connectivity index is 0.00000144. The summed E-state index contributed by atoms with van der Waals surface area (Å²) in [6.45, 7) is 4.16. The molecule has 0 amide bonds. The monoisotopic (exact) mass is 203 g/mol. The van der Waals surface area contributed by atoms with Crippen LogP contribution in [0.25, 0.3) is 0 Å². The summed E-state index contributed by atoms with van der Waals surface area (Å²) in [7, 11) is 0. The molecule has 3 heteroatoms. The van der Waals surface area contributed by atoms with Gasteiger partial charge in [0.25, 0.3) is 0 Å². The molecule has 1 radical (unpaired) electrons. The van der Waals surface area contributed by atoms with Gasteiger partial charge in [0.2, 0.25) is 0 Å². The molecule has 13 heavy (non-hydrogen) atoms. The fourth-order valence-corrected chi connectivity index (χ4v) is 1.01. The maximum Gasteiger partial charge on any atom is 0.335 e. The number of carbonyl (C=O) groups is 1. The second kappa shape index (κ2) is 5.93. The van der Waals surface area contributed by atoms with Crippen LogP contribution in [0.3, 0.4) is 0 Å². The van der Waals surface area contributed by atoms with Crippen LogP contribution in [0.4, 0.5) is 0 Å². The number of rotatable bonds is 2. The first-order chi connectivity index (χ1) is 5.61. The van der Waals surface area contributed by atoms with E-state index in [4.69, 9.17) is 5.11 Å². The Kier molecular flexibility index (Phi) is 6.08. The summed E-state index contributed by atoms with van der Waals surface area (Å²) in [6.07, 6.45) is 0. The third-order valence-corrected chi connectivity index (χ3v) is 1.82. The summed E-state index contributed by atoms with van der Waals surface area (Å²) >= 11 is 0. The molecule has 0 aliphatic rings. The number of hydrogen-bond acceptors (Lipinski definition) is 1. The molecule has 0 bridgehead atoms. The first-order valence-electron chi connectivity index (χ1n) is 3.94. The van der Waals surface area contributed by atoms with E-state index in [0.29, 0.717) is 11.5 Å². The molecule has 0 aliphatic heterocycles. The quantitative estimate of drug-likeness (QED) is 0.748. The molecule has 0 saturated carbocycles. The average molecular weight is 203 g/mol. The van der Waals surface area contributed by atoms with Crippen LogP contribution in [-0.2, 0) is 0 Å². The van der Waals surface area contributed by atoms with Crippen LogP contribution in [0.1, 0.15) is 35.7 Å². The Bertz CT molecular complexity index is 277. The largest absolute Gasteiger partial charge is 0.478 e. The van der Waals surface area contributed by atoms with Gasteiger partial charge in [0.05, 0.1) is 5.56 Å². The number of hydrogen-bond donors (Lipinski definition) is 1. The van der Waals surface area contributed by atoms with E-state index >= 15 is 0 Å². The van der Waals surface area contributed by atoms with Crippen LogP contribution >= 0.6 is 0 Å². The second-order valence-electron chi connectivity index (χ2n) is 3.08. The van der Waals surface area contributed by atoms with E-state index in [9.17, 15) is 4.79 Å². The van der Waals surface area contributed by atoms with Crippen LogP contribution in [0.2, 0.25) is 0 Å². The molecule has 0 spiro atoms. The number of aromatic carboxylic acids is 1. The van der Waals surface area contributed by atoms with E-state index < -0.39 is 5.97 Å². The van der Waals surface area contributed by atoms with Crippen molar-refractivity contribution < 1.29 is 9.90 Å². The van der Waals surface area contributed by atoms with Gasteiger partial charge in [0, 0.05) is 51.4 Å². The Morgan fingerprint density at radius 3 is 2.00 bits per heavy atom. The van der Waals surface area contributed by atoms with Gasteiger partial charge in [-0.25, -0.2) is 4.79 Å². The van der Waals surface area contributed by atoms with Gasteiger partial charge in [-0.1, -0.05) is 26.0 Å². The average Bonchev–Trinajstić information content (AvgIpc) is 2.04. The molecule has 0 aromatic heterocycles. The van der Waals surface area contributed by atoms with Crippen molar-refractivity contribution >= 4 is 57.4 Å². The minimum Gasteiger partial charge on any atom is -0.478 e. The van der Waals surface area contributed by atoms with Crippen molar-refractivity contribution in [3.63, 3.8) is 0 Å². The summed E-state index contributed by atoms with van der Waals surface area (Å²) in [4.78, 5) is 10.5. The fourth-order valence-electron chi connectivity index (χ4n) is 1.01. The van der Waals surface area contributed by atoms with Crippen molar-refractivity contribution in [1.29, 1.82) is 0 Å². The van der Waals surface area contributed by atoms with E-state index in [2.05, 4.69) is 13.8 Å². The Hall–Kier alpha value is 0.326. The molecule has 0 atom stereocenters. The molecule has 1 aromatic rings. The molecule has 0 fully saturated rings. The summed E-state index contributed by atoms with van der Waals surface area (Å²) in [6, 6.07) is 6.98. The SMILES string of the molecule is CC(C)c1ccc(C(=O)O)cc1.[K]. The van der Waals surface area contributed by atoms with Crippen LogP contribution in [0, 0.1) is 0 Å². The zero-order valence-corrected chi connectivity index (χ0v) is 11.4. The summed E-state index contributed by atoms with van der Waals surface area (Å²) in [5.74, 6) is -0.418. The summed E-state index contributed by atoms with van der Waals surface area (Å²) < 4.78 is 0. The van der Waals surface area contributed by atoms with Crippen molar-refractivity contribution in [1.82, 2.24) is 0 Å². The van der Waals surface area contributed by atoms with E-state index in [1.165, 1.54) is 5.56 Å². The van der Waals surface area contributed by atoms with Crippen molar-refractivity contribution in [2.24, 2.45) is 0 Å². The standard InChI is InChI=1S/C10H12O2.K/c1-7(2)8-3-5-9(6-4-8)10(11)12;/h3-7H,1-2H3,(H,11,12);. The van der Waals surface area contributed by atoms with Crippen molar-refractivity contribution in [2.45, 2.75) is 19.8 Å². The van der Waals surface area contributed by atoms with Crippen LogP contribution in [-0.4, -0.2) is 62.5 Å². The second-order valence-corrected chi connectivity index (χ2v) is 3.08. The number of benzene rings is 1. The number of carboxylic acids is 1. The molecule has 0 aliphatic carbocycles. The first kappa shape index (κ1) is 13.3. The maximum absolute atomic E-state index is 10.5. The minimum absolute atomic E-state index is 0.